The minimum absolute atomic E-state index is 0.102. The van der Waals surface area contributed by atoms with E-state index in [1.165, 1.54) is 13.2 Å². The first-order chi connectivity index (χ1) is 13.0. The number of nitrogens with one attached hydrogen (secondary N) is 1. The molecule has 0 radical (unpaired) electrons. The Kier molecular flexibility index (Phi) is 6.43. The Labute approximate surface area is 159 Å². The number of ether oxygens (including phenoxy) is 2. The summed E-state index contributed by atoms with van der Waals surface area (Å²) in [6.07, 6.45) is 0. The van der Waals surface area contributed by atoms with Gasteiger partial charge in [0.25, 0.3) is 0 Å². The van der Waals surface area contributed by atoms with Crippen LogP contribution < -0.4 is 9.46 Å². The Morgan fingerprint density at radius 3 is 2.44 bits per heavy atom. The second-order valence-electron chi connectivity index (χ2n) is 6.32. The molecule has 27 heavy (non-hydrogen) atoms. The molecule has 0 bridgehead atoms. The molecule has 0 saturated carbocycles. The number of morpholine rings is 1. The van der Waals surface area contributed by atoms with Gasteiger partial charge in [0.05, 0.1) is 20.3 Å². The summed E-state index contributed by atoms with van der Waals surface area (Å²) in [6, 6.07) is 11.2. The molecule has 0 atom stereocenters. The van der Waals surface area contributed by atoms with Gasteiger partial charge in [-0.2, -0.15) is 0 Å². The molecule has 1 saturated heterocycles. The van der Waals surface area contributed by atoms with E-state index in [0.29, 0.717) is 0 Å². The quantitative estimate of drug-likeness (QED) is 0.779. The summed E-state index contributed by atoms with van der Waals surface area (Å²) in [5.74, 6) is -0.534. The predicted molar refractivity (Wildman–Crippen MR) is 99.5 cm³/mol. The van der Waals surface area contributed by atoms with Crippen LogP contribution in [0.15, 0.2) is 47.4 Å². The van der Waals surface area contributed by atoms with Gasteiger partial charge in [0.15, 0.2) is 0 Å². The zero-order valence-electron chi connectivity index (χ0n) is 15.2. The van der Waals surface area contributed by atoms with Crippen molar-refractivity contribution in [3.8, 4) is 5.75 Å². The molecule has 6 nitrogen and oxygen atoms in total. The molecule has 0 aliphatic carbocycles. The van der Waals surface area contributed by atoms with Gasteiger partial charge in [0.2, 0.25) is 10.0 Å². The molecule has 0 spiro atoms. The SMILES string of the molecule is COc1ccc(F)cc1S(=O)(=O)NCc1ccc(CN2CCOCC2)cc1. The Balaban J connectivity index is 1.63. The Morgan fingerprint density at radius 1 is 1.11 bits per heavy atom. The zero-order valence-corrected chi connectivity index (χ0v) is 16.0. The van der Waals surface area contributed by atoms with Crippen LogP contribution in [0.4, 0.5) is 4.39 Å². The largest absolute Gasteiger partial charge is 0.495 e. The standard InChI is InChI=1S/C19H23FN2O4S/c1-25-18-7-6-17(20)12-19(18)27(23,24)21-13-15-2-4-16(5-3-15)14-22-8-10-26-11-9-22/h2-7,12,21H,8-11,13-14H2,1H3. The van der Waals surface area contributed by atoms with Crippen molar-refractivity contribution < 1.29 is 22.3 Å². The number of halogens is 1. The maximum absolute atomic E-state index is 13.5. The van der Waals surface area contributed by atoms with Gasteiger partial charge in [-0.15, -0.1) is 0 Å². The molecule has 1 N–H and O–H groups in total. The van der Waals surface area contributed by atoms with Crippen LogP contribution >= 0.6 is 0 Å². The topological polar surface area (TPSA) is 67.9 Å². The summed E-state index contributed by atoms with van der Waals surface area (Å²) in [5, 5.41) is 0. The first-order valence-corrected chi connectivity index (χ1v) is 10.2. The maximum atomic E-state index is 13.5. The van der Waals surface area contributed by atoms with E-state index in [1.807, 2.05) is 24.3 Å². The molecule has 0 aromatic heterocycles. The average Bonchev–Trinajstić information content (AvgIpc) is 2.68. The second-order valence-corrected chi connectivity index (χ2v) is 8.06. The Bertz CT molecular complexity index is 866. The highest BCUT2D eigenvalue weighted by Crippen LogP contribution is 2.24. The van der Waals surface area contributed by atoms with E-state index in [1.54, 1.807) is 0 Å². The average molecular weight is 394 g/mol. The molecule has 8 heteroatoms. The fourth-order valence-corrected chi connectivity index (χ4v) is 4.09. The predicted octanol–water partition coefficient (Wildman–Crippen LogP) is 2.15. The third-order valence-corrected chi connectivity index (χ3v) is 5.84. The maximum Gasteiger partial charge on any atom is 0.244 e. The minimum Gasteiger partial charge on any atom is -0.495 e. The van der Waals surface area contributed by atoms with Gasteiger partial charge in [-0.1, -0.05) is 24.3 Å². The molecule has 1 fully saturated rings. The molecule has 1 aliphatic heterocycles. The molecule has 1 heterocycles. The van der Waals surface area contributed by atoms with Gasteiger partial charge < -0.3 is 9.47 Å². The molecule has 2 aromatic rings. The van der Waals surface area contributed by atoms with Crippen molar-refractivity contribution in [3.63, 3.8) is 0 Å². The summed E-state index contributed by atoms with van der Waals surface area (Å²) >= 11 is 0. The number of benzene rings is 2. The van der Waals surface area contributed by atoms with E-state index in [2.05, 4.69) is 9.62 Å². The van der Waals surface area contributed by atoms with E-state index in [0.717, 1.165) is 56.1 Å². The van der Waals surface area contributed by atoms with Crippen molar-refractivity contribution in [1.29, 1.82) is 0 Å². The van der Waals surface area contributed by atoms with Gasteiger partial charge in [-0.05, 0) is 29.3 Å². The second kappa shape index (κ2) is 8.79. The highest BCUT2D eigenvalue weighted by molar-refractivity contribution is 7.89. The number of sulfonamides is 1. The molecule has 0 unspecified atom stereocenters. The Hall–Kier alpha value is -2.00. The highest BCUT2D eigenvalue weighted by atomic mass is 32.2. The number of hydrogen-bond donors (Lipinski definition) is 1. The summed E-state index contributed by atoms with van der Waals surface area (Å²) in [6.45, 7) is 4.29. The van der Waals surface area contributed by atoms with Crippen LogP contribution in [-0.4, -0.2) is 46.7 Å². The van der Waals surface area contributed by atoms with Crippen molar-refractivity contribution in [2.75, 3.05) is 33.4 Å². The molecule has 2 aromatic carbocycles. The lowest BCUT2D eigenvalue weighted by molar-refractivity contribution is 0.0342. The van der Waals surface area contributed by atoms with Crippen LogP contribution in [0.3, 0.4) is 0 Å². The number of rotatable bonds is 7. The third-order valence-electron chi connectivity index (χ3n) is 4.41. The van der Waals surface area contributed by atoms with Gasteiger partial charge in [-0.3, -0.25) is 4.90 Å². The van der Waals surface area contributed by atoms with Gasteiger partial charge >= 0.3 is 0 Å². The summed E-state index contributed by atoms with van der Waals surface area (Å²) in [7, 11) is -2.55. The molecular weight excluding hydrogens is 371 g/mol. The van der Waals surface area contributed by atoms with Crippen LogP contribution in [-0.2, 0) is 27.8 Å². The lowest BCUT2D eigenvalue weighted by Crippen LogP contribution is -2.35. The van der Waals surface area contributed by atoms with E-state index in [4.69, 9.17) is 9.47 Å². The number of methoxy groups -OCH3 is 1. The van der Waals surface area contributed by atoms with Crippen molar-refractivity contribution in [1.82, 2.24) is 9.62 Å². The Morgan fingerprint density at radius 2 is 1.78 bits per heavy atom. The van der Waals surface area contributed by atoms with E-state index in [-0.39, 0.29) is 17.2 Å². The van der Waals surface area contributed by atoms with Crippen molar-refractivity contribution in [2.24, 2.45) is 0 Å². The van der Waals surface area contributed by atoms with Crippen LogP contribution in [0.1, 0.15) is 11.1 Å². The molecular formula is C19H23FN2O4S. The monoisotopic (exact) mass is 394 g/mol. The van der Waals surface area contributed by atoms with Gasteiger partial charge in [0, 0.05) is 26.2 Å². The van der Waals surface area contributed by atoms with Crippen molar-refractivity contribution >= 4 is 10.0 Å². The molecule has 1 aliphatic rings. The van der Waals surface area contributed by atoms with Crippen LogP contribution in [0.5, 0.6) is 5.75 Å². The summed E-state index contributed by atoms with van der Waals surface area (Å²) < 4.78 is 51.3. The normalized spacial score (nSPS) is 15.6. The van der Waals surface area contributed by atoms with Crippen molar-refractivity contribution in [3.05, 3.63) is 59.4 Å². The zero-order chi connectivity index (χ0) is 19.3. The molecule has 3 rings (SSSR count). The first kappa shape index (κ1) is 19.8. The van der Waals surface area contributed by atoms with E-state index >= 15 is 0 Å². The van der Waals surface area contributed by atoms with Gasteiger partial charge in [-0.25, -0.2) is 17.5 Å². The highest BCUT2D eigenvalue weighted by Gasteiger charge is 2.20. The lowest BCUT2D eigenvalue weighted by atomic mass is 10.1. The first-order valence-electron chi connectivity index (χ1n) is 8.69. The van der Waals surface area contributed by atoms with Gasteiger partial charge in [0.1, 0.15) is 16.5 Å². The van der Waals surface area contributed by atoms with Crippen molar-refractivity contribution in [2.45, 2.75) is 18.0 Å². The van der Waals surface area contributed by atoms with Crippen LogP contribution in [0.25, 0.3) is 0 Å². The lowest BCUT2D eigenvalue weighted by Gasteiger charge is -2.26. The van der Waals surface area contributed by atoms with E-state index in [9.17, 15) is 12.8 Å². The smallest absolute Gasteiger partial charge is 0.244 e. The molecule has 0 amide bonds. The fraction of sp³-hybridized carbons (Fsp3) is 0.368. The number of hydrogen-bond acceptors (Lipinski definition) is 5. The van der Waals surface area contributed by atoms with Crippen LogP contribution in [0, 0.1) is 5.82 Å². The van der Waals surface area contributed by atoms with Crippen LogP contribution in [0.2, 0.25) is 0 Å². The fourth-order valence-electron chi connectivity index (χ4n) is 2.90. The third kappa shape index (κ3) is 5.26. The summed E-state index contributed by atoms with van der Waals surface area (Å²) in [4.78, 5) is 2.10. The number of nitrogens with zero attached hydrogens (tertiary/aromatic N) is 1. The van der Waals surface area contributed by atoms with E-state index < -0.39 is 15.8 Å². The molecule has 146 valence electrons. The summed E-state index contributed by atoms with van der Waals surface area (Å²) in [5.41, 5.74) is 1.98. The minimum atomic E-state index is -3.89.